The average molecular weight is 474 g/mol. The van der Waals surface area contributed by atoms with Crippen LogP contribution in [0.2, 0.25) is 0 Å². The van der Waals surface area contributed by atoms with Gasteiger partial charge in [0.15, 0.2) is 11.5 Å². The molecule has 0 atom stereocenters. The number of carbonyl (C=O) groups excluding carboxylic acids is 4. The number of carbonyl (C=O) groups is 4. The number of imide groups is 1. The van der Waals surface area contributed by atoms with E-state index in [0.717, 1.165) is 4.90 Å². The highest BCUT2D eigenvalue weighted by atomic mass is 16.7. The van der Waals surface area contributed by atoms with Crippen LogP contribution in [0.5, 0.6) is 17.2 Å². The molecule has 0 saturated carbocycles. The van der Waals surface area contributed by atoms with E-state index >= 15 is 0 Å². The summed E-state index contributed by atoms with van der Waals surface area (Å²) in [6, 6.07) is 13.3. The SMILES string of the molecule is COC(=O)c1ccc(NC(=O)c2ccc3c(c2)C(=O)N(Cc2ccc4c(c2)OCO4)C3=O)c(O)c1. The largest absolute Gasteiger partial charge is 0.506 e. The summed E-state index contributed by atoms with van der Waals surface area (Å²) < 4.78 is 15.2. The number of nitrogens with zero attached hydrogens (tertiary/aromatic N) is 1. The Morgan fingerprint density at radius 2 is 1.69 bits per heavy atom. The third-order valence-corrected chi connectivity index (χ3v) is 5.68. The maximum absolute atomic E-state index is 13.0. The van der Waals surface area contributed by atoms with Crippen molar-refractivity contribution >= 4 is 29.4 Å². The number of benzene rings is 3. The van der Waals surface area contributed by atoms with Crippen LogP contribution >= 0.6 is 0 Å². The predicted molar refractivity (Wildman–Crippen MR) is 121 cm³/mol. The summed E-state index contributed by atoms with van der Waals surface area (Å²) in [5.41, 5.74) is 1.28. The maximum Gasteiger partial charge on any atom is 0.337 e. The summed E-state index contributed by atoms with van der Waals surface area (Å²) >= 11 is 0. The van der Waals surface area contributed by atoms with Crippen LogP contribution in [0.1, 0.15) is 47.0 Å². The monoisotopic (exact) mass is 474 g/mol. The molecule has 0 aliphatic carbocycles. The smallest absolute Gasteiger partial charge is 0.337 e. The minimum absolute atomic E-state index is 0.0327. The van der Waals surface area contributed by atoms with Crippen molar-refractivity contribution in [2.75, 3.05) is 19.2 Å². The van der Waals surface area contributed by atoms with E-state index in [-0.39, 0.29) is 47.0 Å². The van der Waals surface area contributed by atoms with Crippen molar-refractivity contribution in [2.24, 2.45) is 0 Å². The standard InChI is InChI=1S/C25H18N2O8/c1-33-25(32)15-4-6-18(19(28)10-15)26-22(29)14-3-5-16-17(9-14)24(31)27(23(16)30)11-13-2-7-20-21(8-13)35-12-34-20/h2-10,28H,11-12H2,1H3,(H,26,29). The minimum Gasteiger partial charge on any atom is -0.506 e. The van der Waals surface area contributed by atoms with E-state index in [2.05, 4.69) is 10.1 Å². The van der Waals surface area contributed by atoms with Gasteiger partial charge in [-0.05, 0) is 54.1 Å². The van der Waals surface area contributed by atoms with E-state index in [1.165, 1.54) is 43.5 Å². The van der Waals surface area contributed by atoms with Gasteiger partial charge >= 0.3 is 5.97 Å². The van der Waals surface area contributed by atoms with Gasteiger partial charge in [-0.25, -0.2) is 4.79 Å². The van der Waals surface area contributed by atoms with Crippen molar-refractivity contribution in [1.29, 1.82) is 0 Å². The van der Waals surface area contributed by atoms with Gasteiger partial charge < -0.3 is 24.6 Å². The van der Waals surface area contributed by atoms with E-state index < -0.39 is 23.7 Å². The fraction of sp³-hybridized carbons (Fsp3) is 0.120. The molecule has 0 spiro atoms. The number of hydrogen-bond donors (Lipinski definition) is 2. The number of amides is 3. The van der Waals surface area contributed by atoms with Gasteiger partial charge in [0.2, 0.25) is 6.79 Å². The lowest BCUT2D eigenvalue weighted by Crippen LogP contribution is -2.29. The summed E-state index contributed by atoms with van der Waals surface area (Å²) in [6.07, 6.45) is 0. The van der Waals surface area contributed by atoms with Gasteiger partial charge in [0.1, 0.15) is 5.75 Å². The molecule has 2 aliphatic heterocycles. The normalized spacial score (nSPS) is 13.6. The van der Waals surface area contributed by atoms with E-state index in [1.54, 1.807) is 18.2 Å². The number of nitrogens with one attached hydrogen (secondary N) is 1. The van der Waals surface area contributed by atoms with Crippen molar-refractivity contribution in [1.82, 2.24) is 4.90 Å². The molecule has 2 heterocycles. The quantitative estimate of drug-likeness (QED) is 0.328. The molecule has 2 aliphatic rings. The Morgan fingerprint density at radius 3 is 2.46 bits per heavy atom. The van der Waals surface area contributed by atoms with Crippen molar-refractivity contribution < 1.29 is 38.5 Å². The number of phenols is 1. The Kier molecular flexibility index (Phi) is 5.33. The van der Waals surface area contributed by atoms with E-state index in [1.807, 2.05) is 0 Å². The van der Waals surface area contributed by atoms with Crippen LogP contribution in [0.3, 0.4) is 0 Å². The topological polar surface area (TPSA) is 131 Å². The van der Waals surface area contributed by atoms with Gasteiger partial charge in [-0.3, -0.25) is 19.3 Å². The highest BCUT2D eigenvalue weighted by Gasteiger charge is 2.36. The number of aromatic hydroxyl groups is 1. The second kappa shape index (κ2) is 8.49. The fourth-order valence-electron chi connectivity index (χ4n) is 3.87. The van der Waals surface area contributed by atoms with Gasteiger partial charge in [0.05, 0.1) is 36.0 Å². The Labute approximate surface area is 198 Å². The summed E-state index contributed by atoms with van der Waals surface area (Å²) in [4.78, 5) is 51.3. The number of methoxy groups -OCH3 is 1. The zero-order chi connectivity index (χ0) is 24.7. The van der Waals surface area contributed by atoms with Crippen LogP contribution in [-0.2, 0) is 11.3 Å². The molecule has 10 nitrogen and oxygen atoms in total. The van der Waals surface area contributed by atoms with Crippen LogP contribution in [0.25, 0.3) is 0 Å². The first-order valence-corrected chi connectivity index (χ1v) is 10.5. The zero-order valence-corrected chi connectivity index (χ0v) is 18.4. The van der Waals surface area contributed by atoms with E-state index in [4.69, 9.17) is 9.47 Å². The molecule has 0 bridgehead atoms. The molecule has 2 N–H and O–H groups in total. The number of rotatable bonds is 5. The van der Waals surface area contributed by atoms with Gasteiger partial charge in [-0.2, -0.15) is 0 Å². The lowest BCUT2D eigenvalue weighted by Gasteiger charge is -2.14. The summed E-state index contributed by atoms with van der Waals surface area (Å²) in [5.74, 6) is -1.43. The third-order valence-electron chi connectivity index (χ3n) is 5.68. The first kappa shape index (κ1) is 22.0. The second-order valence-corrected chi connectivity index (χ2v) is 7.82. The van der Waals surface area contributed by atoms with E-state index in [9.17, 15) is 24.3 Å². The summed E-state index contributed by atoms with van der Waals surface area (Å²) in [7, 11) is 1.21. The Bertz CT molecular complexity index is 1410. The van der Waals surface area contributed by atoms with E-state index in [0.29, 0.717) is 17.1 Å². The Balaban J connectivity index is 1.34. The molecule has 0 fully saturated rings. The minimum atomic E-state index is -0.634. The maximum atomic E-state index is 13.0. The molecule has 3 aromatic carbocycles. The zero-order valence-electron chi connectivity index (χ0n) is 18.4. The molecule has 176 valence electrons. The molecular weight excluding hydrogens is 456 g/mol. The second-order valence-electron chi connectivity index (χ2n) is 7.82. The van der Waals surface area contributed by atoms with Gasteiger partial charge in [0, 0.05) is 5.56 Å². The molecule has 5 rings (SSSR count). The van der Waals surface area contributed by atoms with Crippen molar-refractivity contribution in [2.45, 2.75) is 6.54 Å². The molecule has 0 radical (unpaired) electrons. The number of hydrogen-bond acceptors (Lipinski definition) is 8. The summed E-state index contributed by atoms with van der Waals surface area (Å²) in [6.45, 7) is 0.148. The van der Waals surface area contributed by atoms with Crippen LogP contribution in [0.4, 0.5) is 5.69 Å². The highest BCUT2D eigenvalue weighted by molar-refractivity contribution is 6.22. The highest BCUT2D eigenvalue weighted by Crippen LogP contribution is 2.34. The molecule has 35 heavy (non-hydrogen) atoms. The first-order valence-electron chi connectivity index (χ1n) is 10.5. The molecule has 10 heteroatoms. The number of anilines is 1. The van der Waals surface area contributed by atoms with Gasteiger partial charge in [-0.1, -0.05) is 6.07 Å². The van der Waals surface area contributed by atoms with Crippen LogP contribution < -0.4 is 14.8 Å². The average Bonchev–Trinajstić information content (AvgIpc) is 3.42. The molecule has 3 amide bonds. The van der Waals surface area contributed by atoms with Crippen molar-refractivity contribution in [3.63, 3.8) is 0 Å². The molecule has 0 unspecified atom stereocenters. The Hall–Kier alpha value is -4.86. The molecule has 3 aromatic rings. The third kappa shape index (κ3) is 3.90. The van der Waals surface area contributed by atoms with Crippen molar-refractivity contribution in [3.8, 4) is 17.2 Å². The Morgan fingerprint density at radius 1 is 0.943 bits per heavy atom. The van der Waals surface area contributed by atoms with Gasteiger partial charge in [0.25, 0.3) is 17.7 Å². The fourth-order valence-corrected chi connectivity index (χ4v) is 3.87. The molecule has 0 saturated heterocycles. The van der Waals surface area contributed by atoms with Crippen molar-refractivity contribution in [3.05, 3.63) is 82.4 Å². The number of fused-ring (bicyclic) bond motifs is 2. The number of ether oxygens (including phenoxy) is 3. The summed E-state index contributed by atoms with van der Waals surface area (Å²) in [5, 5.41) is 12.7. The molecular formula is C25H18N2O8. The lowest BCUT2D eigenvalue weighted by molar-refractivity contribution is 0.0597. The van der Waals surface area contributed by atoms with Gasteiger partial charge in [-0.15, -0.1) is 0 Å². The first-order chi connectivity index (χ1) is 16.9. The van der Waals surface area contributed by atoms with Crippen LogP contribution in [0, 0.1) is 0 Å². The predicted octanol–water partition coefficient (Wildman–Crippen LogP) is 2.96. The molecule has 0 aromatic heterocycles. The van der Waals surface area contributed by atoms with Crippen LogP contribution in [-0.4, -0.2) is 47.6 Å². The number of phenolic OH excluding ortho intramolecular Hbond substituents is 1. The lowest BCUT2D eigenvalue weighted by atomic mass is 10.1. The van der Waals surface area contributed by atoms with Crippen LogP contribution in [0.15, 0.2) is 54.6 Å². The number of esters is 1.